The van der Waals surface area contributed by atoms with Gasteiger partial charge in [0.25, 0.3) is 5.91 Å². The van der Waals surface area contributed by atoms with Gasteiger partial charge in [-0.2, -0.15) is 0 Å². The molecule has 0 unspecified atom stereocenters. The van der Waals surface area contributed by atoms with Crippen LogP contribution in [0, 0.1) is 25.5 Å². The average molecular weight is 656 g/mol. The number of amides is 1. The number of pyridine rings is 1. The number of hydrogen-bond acceptors (Lipinski definition) is 8. The molecule has 0 bridgehead atoms. The molecule has 2 aromatic carbocycles. The van der Waals surface area contributed by atoms with E-state index in [2.05, 4.69) is 15.0 Å². The van der Waals surface area contributed by atoms with Gasteiger partial charge in [0.15, 0.2) is 9.84 Å². The largest absolute Gasteiger partial charge is 0.486 e. The van der Waals surface area contributed by atoms with Crippen molar-refractivity contribution >= 4 is 60.1 Å². The van der Waals surface area contributed by atoms with Crippen LogP contribution in [0.5, 0.6) is 5.75 Å². The number of halogens is 3. The molecule has 0 atom stereocenters. The molecule has 0 saturated heterocycles. The maximum absolute atomic E-state index is 14.2. The Morgan fingerprint density at radius 1 is 0.976 bits per heavy atom. The summed E-state index contributed by atoms with van der Waals surface area (Å²) in [4.78, 5) is 18.0. The topological polar surface area (TPSA) is 132 Å². The maximum Gasteiger partial charge on any atom is 0.265 e. The number of nitrogens with zero attached hydrogens (tertiary/aromatic N) is 1. The van der Waals surface area contributed by atoms with E-state index < -0.39 is 37.4 Å². The molecule has 0 radical (unpaired) electrons. The van der Waals surface area contributed by atoms with Crippen molar-refractivity contribution in [1.82, 2.24) is 4.98 Å². The average Bonchev–Trinajstić information content (AvgIpc) is 3.23. The summed E-state index contributed by atoms with van der Waals surface area (Å²) >= 11 is 7.21. The van der Waals surface area contributed by atoms with Crippen molar-refractivity contribution in [2.75, 3.05) is 22.6 Å². The summed E-state index contributed by atoms with van der Waals surface area (Å²) in [6.45, 7) is 2.97. The van der Waals surface area contributed by atoms with Crippen LogP contribution in [0.4, 0.5) is 20.2 Å². The van der Waals surface area contributed by atoms with E-state index in [0.717, 1.165) is 48.2 Å². The van der Waals surface area contributed by atoms with Gasteiger partial charge in [0.1, 0.15) is 29.7 Å². The van der Waals surface area contributed by atoms with Gasteiger partial charge in [-0.1, -0.05) is 11.6 Å². The van der Waals surface area contributed by atoms with E-state index >= 15 is 0 Å². The van der Waals surface area contributed by atoms with Crippen molar-refractivity contribution in [3.05, 3.63) is 86.2 Å². The zero-order chi connectivity index (χ0) is 31.0. The molecular weight excluding hydrogens is 632 g/mol. The third-order valence-corrected chi connectivity index (χ3v) is 8.99. The summed E-state index contributed by atoms with van der Waals surface area (Å²) in [6, 6.07) is 8.94. The van der Waals surface area contributed by atoms with E-state index in [1.165, 1.54) is 31.2 Å². The van der Waals surface area contributed by atoms with Crippen LogP contribution in [-0.4, -0.2) is 40.2 Å². The van der Waals surface area contributed by atoms with Gasteiger partial charge in [-0.15, -0.1) is 11.3 Å². The Labute approximate surface area is 250 Å². The summed E-state index contributed by atoms with van der Waals surface area (Å²) in [7, 11) is -7.29. The van der Waals surface area contributed by atoms with E-state index in [9.17, 15) is 30.4 Å². The fourth-order valence-electron chi connectivity index (χ4n) is 4.09. The maximum atomic E-state index is 14.2. The number of carbonyl (C=O) groups is 1. The third kappa shape index (κ3) is 7.62. The minimum atomic E-state index is -3.71. The predicted octanol–water partition coefficient (Wildman–Crippen LogP) is 5.96. The third-order valence-electron chi connectivity index (χ3n) is 5.89. The Hall–Kier alpha value is -3.59. The van der Waals surface area contributed by atoms with Gasteiger partial charge < -0.3 is 10.1 Å². The summed E-state index contributed by atoms with van der Waals surface area (Å²) in [5.74, 6) is -1.98. The van der Waals surface area contributed by atoms with Crippen molar-refractivity contribution < 1.29 is 35.1 Å². The number of sulfone groups is 1. The molecule has 0 aliphatic rings. The number of anilines is 2. The SMILES string of the molecule is Cc1sc(C(=O)Nc2cc(Cl)cc(NS(C)(=O)=O)c2)cc1-c1ncc(F)cc1OCc1cc(F)cc(S(C)(=O)=O)c1C. The number of aryl methyl sites for hydroxylation is 1. The second kappa shape index (κ2) is 12.0. The van der Waals surface area contributed by atoms with E-state index in [1.54, 1.807) is 6.92 Å². The van der Waals surface area contributed by atoms with Crippen LogP contribution in [0.15, 0.2) is 53.6 Å². The standard InChI is InChI=1S/C27H24ClF2N3O6S3/c1-14-16(5-18(29)9-25(14)41(3,35)36)13-39-23-8-19(30)12-31-26(23)22-11-24(40-15(22)2)27(34)32-20-6-17(28)7-21(10-20)33-42(4,37)38/h5-12,33H,13H2,1-4H3,(H,32,34). The molecule has 0 fully saturated rings. The molecule has 2 N–H and O–H groups in total. The van der Waals surface area contributed by atoms with Crippen LogP contribution >= 0.6 is 22.9 Å². The number of benzene rings is 2. The summed E-state index contributed by atoms with van der Waals surface area (Å²) in [5, 5.41) is 2.86. The summed E-state index contributed by atoms with van der Waals surface area (Å²) < 4.78 is 83.9. The lowest BCUT2D eigenvalue weighted by Gasteiger charge is -2.14. The molecule has 2 aromatic heterocycles. The lowest BCUT2D eigenvalue weighted by atomic mass is 10.1. The monoisotopic (exact) mass is 655 g/mol. The molecule has 15 heteroatoms. The molecule has 0 aliphatic heterocycles. The number of hydrogen-bond donors (Lipinski definition) is 2. The van der Waals surface area contributed by atoms with Gasteiger partial charge >= 0.3 is 0 Å². The molecule has 4 rings (SSSR count). The van der Waals surface area contributed by atoms with E-state index in [-0.39, 0.29) is 49.8 Å². The molecule has 222 valence electrons. The molecule has 0 aliphatic carbocycles. The summed E-state index contributed by atoms with van der Waals surface area (Å²) in [6.07, 6.45) is 2.94. The van der Waals surface area contributed by atoms with Crippen LogP contribution in [0.25, 0.3) is 11.3 Å². The van der Waals surface area contributed by atoms with Gasteiger partial charge in [-0.05, 0) is 61.4 Å². The Balaban J connectivity index is 1.62. The van der Waals surface area contributed by atoms with Crippen LogP contribution < -0.4 is 14.8 Å². The Morgan fingerprint density at radius 3 is 2.33 bits per heavy atom. The zero-order valence-electron chi connectivity index (χ0n) is 22.6. The molecular formula is C27H24ClF2N3O6S3. The highest BCUT2D eigenvalue weighted by Gasteiger charge is 2.21. The van der Waals surface area contributed by atoms with E-state index in [4.69, 9.17) is 16.3 Å². The van der Waals surface area contributed by atoms with Crippen LogP contribution in [0.3, 0.4) is 0 Å². The fourth-order valence-corrected chi connectivity index (χ4v) is 6.80. The minimum absolute atomic E-state index is 0.00115. The normalized spacial score (nSPS) is 11.8. The Bertz CT molecular complexity index is 1930. The van der Waals surface area contributed by atoms with Crippen molar-refractivity contribution in [1.29, 1.82) is 0 Å². The molecule has 42 heavy (non-hydrogen) atoms. The molecule has 4 aromatic rings. The highest BCUT2D eigenvalue weighted by Crippen LogP contribution is 2.37. The molecule has 2 heterocycles. The van der Waals surface area contributed by atoms with Crippen LogP contribution in [0.2, 0.25) is 5.02 Å². The lowest BCUT2D eigenvalue weighted by Crippen LogP contribution is -2.12. The second-order valence-electron chi connectivity index (χ2n) is 9.39. The number of aromatic nitrogens is 1. The molecule has 1 amide bonds. The van der Waals surface area contributed by atoms with Gasteiger partial charge in [0.05, 0.1) is 27.9 Å². The fraction of sp³-hybridized carbons (Fsp3) is 0.185. The first-order valence-electron chi connectivity index (χ1n) is 12.0. The summed E-state index contributed by atoms with van der Waals surface area (Å²) in [5.41, 5.74) is 1.64. The number of rotatable bonds is 9. The molecule has 0 saturated carbocycles. The minimum Gasteiger partial charge on any atom is -0.486 e. The van der Waals surface area contributed by atoms with Crippen molar-refractivity contribution in [2.24, 2.45) is 0 Å². The second-order valence-corrected chi connectivity index (χ2v) is 14.8. The number of thiophene rings is 1. The lowest BCUT2D eigenvalue weighted by molar-refractivity contribution is 0.103. The number of sulfonamides is 1. The first-order chi connectivity index (χ1) is 19.5. The highest BCUT2D eigenvalue weighted by molar-refractivity contribution is 7.92. The van der Waals surface area contributed by atoms with E-state index in [0.29, 0.717) is 16.0 Å². The van der Waals surface area contributed by atoms with E-state index in [1.807, 2.05) is 0 Å². The van der Waals surface area contributed by atoms with Gasteiger partial charge in [-0.25, -0.2) is 30.6 Å². The van der Waals surface area contributed by atoms with Crippen LogP contribution in [0.1, 0.15) is 25.7 Å². The highest BCUT2D eigenvalue weighted by atomic mass is 35.5. The zero-order valence-corrected chi connectivity index (χ0v) is 25.8. The van der Waals surface area contributed by atoms with Gasteiger partial charge in [0, 0.05) is 33.5 Å². The number of nitrogens with one attached hydrogen (secondary N) is 2. The quantitative estimate of drug-likeness (QED) is 0.227. The van der Waals surface area contributed by atoms with Crippen molar-refractivity contribution in [3.8, 4) is 17.0 Å². The Kier molecular flexibility index (Phi) is 8.92. The number of carbonyl (C=O) groups excluding carboxylic acids is 1. The van der Waals surface area contributed by atoms with Gasteiger partial charge in [0.2, 0.25) is 10.0 Å². The van der Waals surface area contributed by atoms with Crippen LogP contribution in [-0.2, 0) is 26.5 Å². The first-order valence-corrected chi connectivity index (χ1v) is 17.0. The molecule has 0 spiro atoms. The first kappa shape index (κ1) is 31.3. The smallest absolute Gasteiger partial charge is 0.265 e. The van der Waals surface area contributed by atoms with Crippen molar-refractivity contribution in [3.63, 3.8) is 0 Å². The Morgan fingerprint density at radius 2 is 1.67 bits per heavy atom. The molecule has 9 nitrogen and oxygen atoms in total. The van der Waals surface area contributed by atoms with Gasteiger partial charge in [-0.3, -0.25) is 9.52 Å². The number of ether oxygens (including phenoxy) is 1. The van der Waals surface area contributed by atoms with Crippen molar-refractivity contribution in [2.45, 2.75) is 25.3 Å². The predicted molar refractivity (Wildman–Crippen MR) is 159 cm³/mol.